The molecule has 5 aromatic rings. The number of aromatic nitrogens is 8. The van der Waals surface area contributed by atoms with Gasteiger partial charge in [-0.25, -0.2) is 19.3 Å². The number of fused-ring (bicyclic) bond motifs is 3. The van der Waals surface area contributed by atoms with Gasteiger partial charge < -0.3 is 5.32 Å². The maximum atomic E-state index is 14.5. The molecule has 0 aliphatic rings. The third kappa shape index (κ3) is 2.75. The van der Waals surface area contributed by atoms with Gasteiger partial charge in [-0.15, -0.1) is 5.10 Å². The molecule has 0 saturated heterocycles. The lowest BCUT2D eigenvalue weighted by Gasteiger charge is -2.07. The minimum Gasteiger partial charge on any atom is -0.318 e. The zero-order chi connectivity index (χ0) is 20.8. The number of nitrogens with one attached hydrogen (secondary N) is 1. The van der Waals surface area contributed by atoms with Gasteiger partial charge in [-0.1, -0.05) is 6.07 Å². The van der Waals surface area contributed by atoms with Crippen LogP contribution in [-0.4, -0.2) is 39.3 Å². The highest BCUT2D eigenvalue weighted by Gasteiger charge is 2.19. The van der Waals surface area contributed by atoms with Gasteiger partial charge >= 0.3 is 0 Å². The fourth-order valence-electron chi connectivity index (χ4n) is 3.10. The summed E-state index contributed by atoms with van der Waals surface area (Å²) < 4.78 is 17.7. The molecule has 0 aliphatic carbocycles. The molecule has 0 atom stereocenters. The Bertz CT molecular complexity index is 1490. The van der Waals surface area contributed by atoms with Crippen molar-refractivity contribution in [1.82, 2.24) is 39.3 Å². The number of halogens is 1. The van der Waals surface area contributed by atoms with Gasteiger partial charge in [0.25, 0.3) is 5.56 Å². The highest BCUT2D eigenvalue weighted by molar-refractivity contribution is 5.93. The van der Waals surface area contributed by atoms with E-state index in [-0.39, 0.29) is 17.2 Å². The lowest BCUT2D eigenvalue weighted by atomic mass is 10.2. The lowest BCUT2D eigenvalue weighted by Crippen LogP contribution is -2.12. The van der Waals surface area contributed by atoms with E-state index in [1.807, 2.05) is 14.0 Å². The Morgan fingerprint density at radius 1 is 1.13 bits per heavy atom. The normalized spacial score (nSPS) is 11.3. The quantitative estimate of drug-likeness (QED) is 0.486. The van der Waals surface area contributed by atoms with Crippen LogP contribution in [0.15, 0.2) is 47.8 Å². The Balaban J connectivity index is 1.80. The molecule has 10 nitrogen and oxygen atoms in total. The van der Waals surface area contributed by atoms with Crippen molar-refractivity contribution in [3.05, 3.63) is 64.9 Å². The summed E-state index contributed by atoms with van der Waals surface area (Å²) in [5, 5.41) is 12.1. The van der Waals surface area contributed by atoms with Gasteiger partial charge in [0.05, 0.1) is 18.0 Å². The number of hydrogen-bond donors (Lipinski definition) is 1. The average Bonchev–Trinajstić information content (AvgIpc) is 3.25. The van der Waals surface area contributed by atoms with Crippen molar-refractivity contribution < 1.29 is 4.39 Å². The first-order valence-corrected chi connectivity index (χ1v) is 8.94. The average molecular weight is 403 g/mol. The number of anilines is 2. The van der Waals surface area contributed by atoms with Gasteiger partial charge in [0, 0.05) is 30.5 Å². The van der Waals surface area contributed by atoms with Crippen LogP contribution in [0.4, 0.5) is 16.0 Å². The molecule has 0 unspecified atom stereocenters. The minimum atomic E-state index is -0.542. The third-order valence-corrected chi connectivity index (χ3v) is 4.75. The van der Waals surface area contributed by atoms with Crippen LogP contribution in [0.5, 0.6) is 0 Å². The second kappa shape index (κ2) is 6.65. The van der Waals surface area contributed by atoms with E-state index in [0.717, 1.165) is 11.3 Å². The molecule has 0 saturated carbocycles. The number of benzene rings is 1. The smallest absolute Gasteiger partial charge is 0.295 e. The van der Waals surface area contributed by atoms with Gasteiger partial charge in [0.15, 0.2) is 11.5 Å². The molecule has 148 valence electrons. The first kappa shape index (κ1) is 17.8. The van der Waals surface area contributed by atoms with E-state index in [1.165, 1.54) is 29.2 Å². The summed E-state index contributed by atoms with van der Waals surface area (Å²) in [7, 11) is 1.82. The molecule has 0 aliphatic heterocycles. The lowest BCUT2D eigenvalue weighted by molar-refractivity contribution is 0.636. The van der Waals surface area contributed by atoms with Crippen LogP contribution in [0.3, 0.4) is 0 Å². The zero-order valence-corrected chi connectivity index (χ0v) is 15.9. The Morgan fingerprint density at radius 3 is 2.80 bits per heavy atom. The van der Waals surface area contributed by atoms with Crippen molar-refractivity contribution in [2.24, 2.45) is 7.05 Å². The topological polar surface area (TPSA) is 116 Å². The first-order valence-electron chi connectivity index (χ1n) is 8.94. The van der Waals surface area contributed by atoms with E-state index in [9.17, 15) is 9.18 Å². The van der Waals surface area contributed by atoms with E-state index in [1.54, 1.807) is 23.0 Å². The standard InChI is InChI=1S/C19H14FN9O/c1-10-12(8-23-28(10)2)16-26-17-11-4-3-5-13(20)15(11)25-19(29(17)27-16)24-14-9-21-6-7-22-18(14)30/h3-9H,1-2H3,(H,22,24,25,30). The molecular formula is C19H14FN9O. The SMILES string of the molecule is Cc1c(-c2nc3c4cccc(F)c4nc(Nc4cnccnc4=O)n3n2)cnn1C. The fourth-order valence-corrected chi connectivity index (χ4v) is 3.10. The molecule has 5 rings (SSSR count). The highest BCUT2D eigenvalue weighted by atomic mass is 19.1. The van der Waals surface area contributed by atoms with Gasteiger partial charge in [-0.3, -0.25) is 14.5 Å². The summed E-state index contributed by atoms with van der Waals surface area (Å²) in [6.45, 7) is 1.90. The molecule has 11 heteroatoms. The number of para-hydroxylation sites is 1. The van der Waals surface area contributed by atoms with Crippen molar-refractivity contribution in [3.63, 3.8) is 0 Å². The molecule has 4 aromatic heterocycles. The second-order valence-corrected chi connectivity index (χ2v) is 6.56. The van der Waals surface area contributed by atoms with Gasteiger partial charge in [-0.05, 0) is 19.1 Å². The zero-order valence-electron chi connectivity index (χ0n) is 15.9. The summed E-state index contributed by atoms with van der Waals surface area (Å²) in [5.41, 5.74) is 1.61. The van der Waals surface area contributed by atoms with Gasteiger partial charge in [-0.2, -0.15) is 9.61 Å². The van der Waals surface area contributed by atoms with Crippen molar-refractivity contribution in [2.75, 3.05) is 5.32 Å². The van der Waals surface area contributed by atoms with Gasteiger partial charge in [0.2, 0.25) is 5.95 Å². The molecule has 0 bridgehead atoms. The molecule has 0 amide bonds. The van der Waals surface area contributed by atoms with Crippen molar-refractivity contribution >= 4 is 28.2 Å². The molecular weight excluding hydrogens is 389 g/mol. The first-order chi connectivity index (χ1) is 14.5. The van der Waals surface area contributed by atoms with Crippen molar-refractivity contribution in [2.45, 2.75) is 6.92 Å². The van der Waals surface area contributed by atoms with Crippen LogP contribution in [0.25, 0.3) is 27.9 Å². The van der Waals surface area contributed by atoms with E-state index < -0.39 is 11.4 Å². The van der Waals surface area contributed by atoms with E-state index in [4.69, 9.17) is 0 Å². The number of aryl methyl sites for hydroxylation is 1. The van der Waals surface area contributed by atoms with Crippen LogP contribution in [0, 0.1) is 12.7 Å². The molecule has 4 heterocycles. The summed E-state index contributed by atoms with van der Waals surface area (Å²) >= 11 is 0. The van der Waals surface area contributed by atoms with Crippen LogP contribution in [0.1, 0.15) is 5.69 Å². The summed E-state index contributed by atoms with van der Waals surface area (Å²) in [4.78, 5) is 28.8. The van der Waals surface area contributed by atoms with E-state index in [2.05, 4.69) is 35.5 Å². The fraction of sp³-hybridized carbons (Fsp3) is 0.105. The Labute approximate surface area is 168 Å². The van der Waals surface area contributed by atoms with Crippen LogP contribution in [0.2, 0.25) is 0 Å². The van der Waals surface area contributed by atoms with Crippen LogP contribution >= 0.6 is 0 Å². The predicted octanol–water partition coefficient (Wildman–Crippen LogP) is 2.02. The number of hydrogen-bond acceptors (Lipinski definition) is 8. The summed E-state index contributed by atoms with van der Waals surface area (Å²) in [6, 6.07) is 4.60. The van der Waals surface area contributed by atoms with Crippen LogP contribution < -0.4 is 10.9 Å². The number of nitrogens with zero attached hydrogens (tertiary/aromatic N) is 8. The summed E-state index contributed by atoms with van der Waals surface area (Å²) in [5.74, 6) is -0.00779. The molecule has 0 fully saturated rings. The largest absolute Gasteiger partial charge is 0.318 e. The molecule has 0 spiro atoms. The maximum absolute atomic E-state index is 14.5. The molecule has 1 N–H and O–H groups in total. The highest BCUT2D eigenvalue weighted by Crippen LogP contribution is 2.27. The van der Waals surface area contributed by atoms with Gasteiger partial charge in [0.1, 0.15) is 17.0 Å². The van der Waals surface area contributed by atoms with Crippen molar-refractivity contribution in [1.29, 1.82) is 0 Å². The maximum Gasteiger partial charge on any atom is 0.295 e. The van der Waals surface area contributed by atoms with Crippen LogP contribution in [-0.2, 0) is 7.05 Å². The summed E-state index contributed by atoms with van der Waals surface area (Å²) in [6.07, 6.45) is 5.65. The van der Waals surface area contributed by atoms with E-state index in [0.29, 0.717) is 16.9 Å². The minimum absolute atomic E-state index is 0.0686. The monoisotopic (exact) mass is 403 g/mol. The van der Waals surface area contributed by atoms with Crippen molar-refractivity contribution in [3.8, 4) is 11.4 Å². The Morgan fingerprint density at radius 2 is 2.00 bits per heavy atom. The van der Waals surface area contributed by atoms with E-state index >= 15 is 0 Å². The second-order valence-electron chi connectivity index (χ2n) is 6.56. The number of rotatable bonds is 3. The predicted molar refractivity (Wildman–Crippen MR) is 107 cm³/mol. The Kier molecular flexibility index (Phi) is 3.95. The molecule has 1 aromatic carbocycles. The molecule has 30 heavy (non-hydrogen) atoms. The third-order valence-electron chi connectivity index (χ3n) is 4.75. The Hall–Kier alpha value is -4.28. The molecule has 0 radical (unpaired) electrons.